The van der Waals surface area contributed by atoms with Crippen LogP contribution in [0, 0.1) is 11.8 Å². The lowest BCUT2D eigenvalue weighted by molar-refractivity contribution is -0.140. The van der Waals surface area contributed by atoms with Crippen molar-refractivity contribution in [3.05, 3.63) is 16.1 Å². The highest BCUT2D eigenvalue weighted by Crippen LogP contribution is 2.32. The summed E-state index contributed by atoms with van der Waals surface area (Å²) in [6, 6.07) is -0.463. The Morgan fingerprint density at radius 3 is 2.83 bits per heavy atom. The molecule has 0 bridgehead atoms. The first-order valence-corrected chi connectivity index (χ1v) is 9.22. The molecule has 0 radical (unpaired) electrons. The molecule has 2 rings (SSSR count). The molecule has 8 heteroatoms. The predicted octanol–water partition coefficient (Wildman–Crippen LogP) is 3.76. The minimum Gasteiger partial charge on any atom is -0.347 e. The van der Waals surface area contributed by atoms with E-state index in [1.165, 1.54) is 0 Å². The molecule has 2 heterocycles. The summed E-state index contributed by atoms with van der Waals surface area (Å²) in [7, 11) is 0. The quantitative estimate of drug-likeness (QED) is 0.809. The molecule has 1 aromatic rings. The fourth-order valence-corrected chi connectivity index (χ4v) is 3.95. The van der Waals surface area contributed by atoms with Crippen LogP contribution >= 0.6 is 11.3 Å². The van der Waals surface area contributed by atoms with Gasteiger partial charge in [0.05, 0.1) is 6.04 Å². The van der Waals surface area contributed by atoms with Crippen LogP contribution in [0.4, 0.5) is 13.2 Å². The topological polar surface area (TPSA) is 54.0 Å². The van der Waals surface area contributed by atoms with E-state index < -0.39 is 17.9 Å². The van der Waals surface area contributed by atoms with Crippen LogP contribution in [0.15, 0.2) is 5.38 Å². The Hall–Kier alpha value is -1.15. The van der Waals surface area contributed by atoms with Crippen LogP contribution in [0.1, 0.15) is 56.3 Å². The molecule has 0 spiro atoms. The molecule has 1 aromatic heterocycles. The zero-order chi connectivity index (χ0) is 17.7. The van der Waals surface area contributed by atoms with Gasteiger partial charge in [0.1, 0.15) is 5.01 Å². The van der Waals surface area contributed by atoms with E-state index in [0.29, 0.717) is 23.8 Å². The lowest BCUT2D eigenvalue weighted by Gasteiger charge is -2.28. The van der Waals surface area contributed by atoms with Crippen molar-refractivity contribution in [3.8, 4) is 0 Å². The smallest absolute Gasteiger partial charge is 0.347 e. The monoisotopic (exact) mass is 363 g/mol. The van der Waals surface area contributed by atoms with Gasteiger partial charge in [-0.05, 0) is 44.2 Å². The first-order chi connectivity index (χ1) is 11.3. The van der Waals surface area contributed by atoms with E-state index in [0.717, 1.165) is 42.6 Å². The summed E-state index contributed by atoms with van der Waals surface area (Å²) < 4.78 is 38.0. The second-order valence-corrected chi connectivity index (χ2v) is 7.27. The largest absolute Gasteiger partial charge is 0.434 e. The third-order valence-electron chi connectivity index (χ3n) is 4.50. The third kappa shape index (κ3) is 5.17. The Morgan fingerprint density at radius 2 is 2.29 bits per heavy atom. The Bertz CT molecular complexity index is 541. The Morgan fingerprint density at radius 1 is 1.54 bits per heavy atom. The highest BCUT2D eigenvalue weighted by Gasteiger charge is 2.34. The maximum absolute atomic E-state index is 12.7. The first-order valence-electron chi connectivity index (χ1n) is 8.34. The molecule has 4 nitrogen and oxygen atoms in total. The van der Waals surface area contributed by atoms with Gasteiger partial charge in [-0.3, -0.25) is 4.79 Å². The number of nitrogens with one attached hydrogen (secondary N) is 2. The van der Waals surface area contributed by atoms with Gasteiger partial charge in [-0.25, -0.2) is 4.98 Å². The van der Waals surface area contributed by atoms with Crippen LogP contribution in [0.2, 0.25) is 0 Å². The normalized spacial score (nSPS) is 21.3. The summed E-state index contributed by atoms with van der Waals surface area (Å²) in [5.74, 6) is 0.599. The van der Waals surface area contributed by atoms with Gasteiger partial charge in [0.25, 0.3) is 0 Å². The molecule has 3 atom stereocenters. The van der Waals surface area contributed by atoms with Crippen molar-refractivity contribution in [2.24, 2.45) is 11.8 Å². The molecular formula is C16H24F3N3OS. The lowest BCUT2D eigenvalue weighted by Crippen LogP contribution is -2.36. The van der Waals surface area contributed by atoms with Crippen LogP contribution in [0.25, 0.3) is 0 Å². The molecule has 136 valence electrons. The number of carbonyl (C=O) groups is 1. The summed E-state index contributed by atoms with van der Waals surface area (Å²) in [6.07, 6.45) is -1.32. The van der Waals surface area contributed by atoms with E-state index in [-0.39, 0.29) is 11.8 Å². The van der Waals surface area contributed by atoms with Crippen molar-refractivity contribution in [3.63, 3.8) is 0 Å². The van der Waals surface area contributed by atoms with Crippen LogP contribution in [0.3, 0.4) is 0 Å². The van der Waals surface area contributed by atoms with Crippen LogP contribution in [-0.4, -0.2) is 24.0 Å². The van der Waals surface area contributed by atoms with E-state index in [4.69, 9.17) is 0 Å². The van der Waals surface area contributed by atoms with Gasteiger partial charge >= 0.3 is 6.18 Å². The van der Waals surface area contributed by atoms with Crippen molar-refractivity contribution in [2.75, 3.05) is 13.1 Å². The van der Waals surface area contributed by atoms with Gasteiger partial charge in [-0.2, -0.15) is 13.2 Å². The van der Waals surface area contributed by atoms with Crippen LogP contribution < -0.4 is 10.6 Å². The molecule has 1 amide bonds. The number of thiazole rings is 1. The van der Waals surface area contributed by atoms with Crippen LogP contribution in [0.5, 0.6) is 0 Å². The first kappa shape index (κ1) is 19.2. The summed E-state index contributed by atoms with van der Waals surface area (Å²) in [5, 5.41) is 7.49. The number of hydrogen-bond acceptors (Lipinski definition) is 4. The average Bonchev–Trinajstić information content (AvgIpc) is 3.03. The molecule has 1 aliphatic rings. The van der Waals surface area contributed by atoms with Crippen molar-refractivity contribution in [1.82, 2.24) is 15.6 Å². The van der Waals surface area contributed by atoms with Crippen molar-refractivity contribution in [2.45, 2.75) is 51.7 Å². The number of hydrogen-bond donors (Lipinski definition) is 2. The molecule has 24 heavy (non-hydrogen) atoms. The Kier molecular flexibility index (Phi) is 6.62. The second kappa shape index (κ2) is 8.29. The number of aromatic nitrogens is 1. The number of amides is 1. The summed E-state index contributed by atoms with van der Waals surface area (Å²) in [4.78, 5) is 15.9. The number of alkyl halides is 3. The predicted molar refractivity (Wildman–Crippen MR) is 87.7 cm³/mol. The van der Waals surface area contributed by atoms with Crippen molar-refractivity contribution in [1.29, 1.82) is 0 Å². The van der Waals surface area contributed by atoms with Gasteiger partial charge in [0.15, 0.2) is 5.69 Å². The van der Waals surface area contributed by atoms with Gasteiger partial charge in [-0.15, -0.1) is 11.3 Å². The van der Waals surface area contributed by atoms with Gasteiger partial charge in [0, 0.05) is 11.8 Å². The molecule has 1 fully saturated rings. The van der Waals surface area contributed by atoms with Crippen molar-refractivity contribution < 1.29 is 18.0 Å². The number of piperidine rings is 1. The maximum atomic E-state index is 12.7. The Balaban J connectivity index is 1.91. The molecule has 1 saturated heterocycles. The van der Waals surface area contributed by atoms with Gasteiger partial charge in [-0.1, -0.05) is 13.8 Å². The minimum atomic E-state index is -4.44. The van der Waals surface area contributed by atoms with E-state index in [9.17, 15) is 18.0 Å². The average molecular weight is 363 g/mol. The SMILES string of the molecule is CCC(NC(=O)CC(C)C1CCCNC1)c1nc(C(F)(F)F)cs1. The number of carbonyl (C=O) groups excluding carboxylic acids is 1. The minimum absolute atomic E-state index is 0.122. The number of rotatable bonds is 6. The highest BCUT2D eigenvalue weighted by molar-refractivity contribution is 7.09. The van der Waals surface area contributed by atoms with Crippen molar-refractivity contribution >= 4 is 17.2 Å². The number of nitrogens with zero attached hydrogens (tertiary/aromatic N) is 1. The van der Waals surface area contributed by atoms with Crippen LogP contribution in [-0.2, 0) is 11.0 Å². The van der Waals surface area contributed by atoms with Gasteiger partial charge in [0.2, 0.25) is 5.91 Å². The van der Waals surface area contributed by atoms with E-state index in [2.05, 4.69) is 22.5 Å². The highest BCUT2D eigenvalue weighted by atomic mass is 32.1. The number of halogens is 3. The maximum Gasteiger partial charge on any atom is 0.434 e. The molecule has 0 aromatic carbocycles. The fraction of sp³-hybridized carbons (Fsp3) is 0.750. The Labute approximate surface area is 144 Å². The zero-order valence-electron chi connectivity index (χ0n) is 13.9. The molecule has 1 aliphatic heterocycles. The van der Waals surface area contributed by atoms with E-state index >= 15 is 0 Å². The molecule has 0 aliphatic carbocycles. The van der Waals surface area contributed by atoms with E-state index in [1.807, 2.05) is 6.92 Å². The van der Waals surface area contributed by atoms with E-state index in [1.54, 1.807) is 0 Å². The third-order valence-corrected chi connectivity index (χ3v) is 5.46. The fourth-order valence-electron chi connectivity index (χ4n) is 2.99. The van der Waals surface area contributed by atoms with Gasteiger partial charge < -0.3 is 10.6 Å². The molecular weight excluding hydrogens is 339 g/mol. The second-order valence-electron chi connectivity index (χ2n) is 6.38. The molecule has 0 saturated carbocycles. The summed E-state index contributed by atoms with van der Waals surface area (Å²) in [5.41, 5.74) is -0.892. The molecule has 3 unspecified atom stereocenters. The summed E-state index contributed by atoms with van der Waals surface area (Å²) in [6.45, 7) is 5.84. The summed E-state index contributed by atoms with van der Waals surface area (Å²) >= 11 is 0.942. The molecule has 2 N–H and O–H groups in total. The zero-order valence-corrected chi connectivity index (χ0v) is 14.8. The standard InChI is InChI=1S/C16H24F3N3OS/c1-3-12(15-22-13(9-24-15)16(17,18)19)21-14(23)7-10(2)11-5-4-6-20-8-11/h9-12,20H,3-8H2,1-2H3,(H,21,23). The lowest BCUT2D eigenvalue weighted by atomic mass is 9.85.